The molecule has 4 nitrogen and oxygen atoms in total. The van der Waals surface area contributed by atoms with E-state index in [1.165, 1.54) is 5.01 Å². The number of hydrogen-bond donors (Lipinski definition) is 3. The zero-order valence-electron chi connectivity index (χ0n) is 7.78. The van der Waals surface area contributed by atoms with Gasteiger partial charge in [0.2, 0.25) is 0 Å². The molecule has 0 aliphatic rings. The second-order valence-electron chi connectivity index (χ2n) is 2.95. The Hall–Kier alpha value is -0.780. The van der Waals surface area contributed by atoms with Gasteiger partial charge in [-0.2, -0.15) is 0 Å². The highest BCUT2D eigenvalue weighted by molar-refractivity contribution is 9.10. The third-order valence-corrected chi connectivity index (χ3v) is 2.50. The van der Waals surface area contributed by atoms with E-state index in [1.807, 2.05) is 12.1 Å². The van der Waals surface area contributed by atoms with Crippen LogP contribution in [0.1, 0.15) is 6.42 Å². The van der Waals surface area contributed by atoms with Crippen LogP contribution in [0.25, 0.3) is 0 Å². The first kappa shape index (κ1) is 11.3. The Balaban J connectivity index is 2.82. The van der Waals surface area contributed by atoms with Crippen LogP contribution >= 0.6 is 15.9 Å². The van der Waals surface area contributed by atoms with Gasteiger partial charge in [0.25, 0.3) is 0 Å². The Morgan fingerprint density at radius 3 is 2.71 bits per heavy atom. The monoisotopic (exact) mass is 259 g/mol. The van der Waals surface area contributed by atoms with Gasteiger partial charge in [0.05, 0.1) is 11.4 Å². The molecule has 14 heavy (non-hydrogen) atoms. The molecule has 5 heteroatoms. The van der Waals surface area contributed by atoms with E-state index in [-0.39, 0.29) is 6.61 Å². The maximum Gasteiger partial charge on any atom is 0.0889 e. The zero-order valence-corrected chi connectivity index (χ0v) is 9.37. The van der Waals surface area contributed by atoms with Crippen molar-refractivity contribution in [3.05, 3.63) is 22.7 Å². The minimum Gasteiger partial charge on any atom is -0.397 e. The van der Waals surface area contributed by atoms with Crippen LogP contribution < -0.4 is 16.6 Å². The van der Waals surface area contributed by atoms with Crippen molar-refractivity contribution in [3.63, 3.8) is 0 Å². The first-order chi connectivity index (χ1) is 6.66. The molecule has 0 amide bonds. The number of nitrogens with two attached hydrogens (primary N) is 2. The number of hydrogen-bond acceptors (Lipinski definition) is 4. The summed E-state index contributed by atoms with van der Waals surface area (Å²) in [5.74, 6) is 5.79. The fourth-order valence-corrected chi connectivity index (χ4v) is 1.80. The van der Waals surface area contributed by atoms with Crippen molar-refractivity contribution in [1.29, 1.82) is 0 Å². The van der Waals surface area contributed by atoms with E-state index in [2.05, 4.69) is 15.9 Å². The molecule has 0 aliphatic carbocycles. The van der Waals surface area contributed by atoms with E-state index < -0.39 is 0 Å². The predicted octanol–water partition coefficient (Wildman–Crippen LogP) is 1.09. The Kier molecular flexibility index (Phi) is 4.19. The van der Waals surface area contributed by atoms with Crippen molar-refractivity contribution in [2.75, 3.05) is 23.9 Å². The SMILES string of the molecule is Nc1cccc(Br)c1N(N)CCCO. The summed E-state index contributed by atoms with van der Waals surface area (Å²) in [5.41, 5.74) is 7.17. The van der Waals surface area contributed by atoms with Crippen molar-refractivity contribution in [3.8, 4) is 0 Å². The second-order valence-corrected chi connectivity index (χ2v) is 3.80. The number of hydrazine groups is 1. The van der Waals surface area contributed by atoms with Crippen LogP contribution in [-0.4, -0.2) is 18.3 Å². The number of aliphatic hydroxyl groups excluding tert-OH is 1. The van der Waals surface area contributed by atoms with Crippen molar-refractivity contribution in [1.82, 2.24) is 0 Å². The van der Waals surface area contributed by atoms with Gasteiger partial charge in [0, 0.05) is 17.6 Å². The van der Waals surface area contributed by atoms with Gasteiger partial charge in [0.1, 0.15) is 0 Å². The van der Waals surface area contributed by atoms with Crippen LogP contribution in [0.15, 0.2) is 22.7 Å². The van der Waals surface area contributed by atoms with Crippen molar-refractivity contribution < 1.29 is 5.11 Å². The molecule has 0 saturated heterocycles. The molecule has 0 radical (unpaired) electrons. The number of halogens is 1. The minimum atomic E-state index is 0.123. The Morgan fingerprint density at radius 2 is 2.14 bits per heavy atom. The number of rotatable bonds is 4. The molecule has 0 fully saturated rings. The van der Waals surface area contributed by atoms with E-state index in [9.17, 15) is 0 Å². The van der Waals surface area contributed by atoms with Crippen molar-refractivity contribution in [2.24, 2.45) is 5.84 Å². The van der Waals surface area contributed by atoms with E-state index in [0.717, 1.165) is 10.2 Å². The van der Waals surface area contributed by atoms with E-state index in [0.29, 0.717) is 18.7 Å². The largest absolute Gasteiger partial charge is 0.397 e. The lowest BCUT2D eigenvalue weighted by Crippen LogP contribution is -2.33. The van der Waals surface area contributed by atoms with Gasteiger partial charge in [-0.25, -0.2) is 5.84 Å². The number of nitrogen functional groups attached to an aromatic ring is 1. The number of benzene rings is 1. The van der Waals surface area contributed by atoms with Crippen LogP contribution in [-0.2, 0) is 0 Å². The third kappa shape index (κ3) is 2.60. The quantitative estimate of drug-likeness (QED) is 0.430. The molecule has 1 aromatic carbocycles. The molecular formula is C9H14BrN3O. The predicted molar refractivity (Wildman–Crippen MR) is 61.8 cm³/mol. The number of aliphatic hydroxyl groups is 1. The average molecular weight is 260 g/mol. The molecule has 5 N–H and O–H groups in total. The van der Waals surface area contributed by atoms with Gasteiger partial charge >= 0.3 is 0 Å². The summed E-state index contributed by atoms with van der Waals surface area (Å²) >= 11 is 3.38. The topological polar surface area (TPSA) is 75.5 Å². The minimum absolute atomic E-state index is 0.123. The van der Waals surface area contributed by atoms with E-state index in [4.69, 9.17) is 16.7 Å². The fraction of sp³-hybridized carbons (Fsp3) is 0.333. The molecule has 0 saturated carbocycles. The molecule has 0 bridgehead atoms. The Morgan fingerprint density at radius 1 is 1.43 bits per heavy atom. The first-order valence-corrected chi connectivity index (χ1v) is 5.13. The summed E-state index contributed by atoms with van der Waals surface area (Å²) in [7, 11) is 0. The van der Waals surface area contributed by atoms with Crippen LogP contribution in [0.4, 0.5) is 11.4 Å². The van der Waals surface area contributed by atoms with Crippen LogP contribution in [0, 0.1) is 0 Å². The summed E-state index contributed by atoms with van der Waals surface area (Å²) < 4.78 is 0.859. The van der Waals surface area contributed by atoms with E-state index >= 15 is 0 Å². The molecule has 1 rings (SSSR count). The van der Waals surface area contributed by atoms with Gasteiger partial charge in [0.15, 0.2) is 0 Å². The van der Waals surface area contributed by atoms with Crippen LogP contribution in [0.3, 0.4) is 0 Å². The lowest BCUT2D eigenvalue weighted by atomic mass is 10.2. The van der Waals surface area contributed by atoms with Gasteiger partial charge in [-0.3, -0.25) is 0 Å². The maximum absolute atomic E-state index is 8.68. The molecular weight excluding hydrogens is 246 g/mol. The number of anilines is 2. The van der Waals surface area contributed by atoms with Crippen LogP contribution in [0.2, 0.25) is 0 Å². The first-order valence-electron chi connectivity index (χ1n) is 4.34. The number of para-hydroxylation sites is 1. The highest BCUT2D eigenvalue weighted by atomic mass is 79.9. The van der Waals surface area contributed by atoms with Gasteiger partial charge in [-0.1, -0.05) is 6.07 Å². The van der Waals surface area contributed by atoms with Gasteiger partial charge in [-0.15, -0.1) is 0 Å². The summed E-state index contributed by atoms with van der Waals surface area (Å²) in [4.78, 5) is 0. The van der Waals surface area contributed by atoms with Crippen molar-refractivity contribution in [2.45, 2.75) is 6.42 Å². The molecule has 0 heterocycles. The highest BCUT2D eigenvalue weighted by Crippen LogP contribution is 2.30. The molecule has 0 aromatic heterocycles. The molecule has 78 valence electrons. The smallest absolute Gasteiger partial charge is 0.0889 e. The molecule has 0 unspecified atom stereocenters. The average Bonchev–Trinajstić information content (AvgIpc) is 2.14. The van der Waals surface area contributed by atoms with E-state index in [1.54, 1.807) is 6.07 Å². The highest BCUT2D eigenvalue weighted by Gasteiger charge is 2.08. The summed E-state index contributed by atoms with van der Waals surface area (Å²) in [6.45, 7) is 0.696. The molecule has 1 aromatic rings. The summed E-state index contributed by atoms with van der Waals surface area (Å²) in [6, 6.07) is 5.52. The Labute approximate surface area is 91.6 Å². The fourth-order valence-electron chi connectivity index (χ4n) is 1.19. The van der Waals surface area contributed by atoms with Crippen LogP contribution in [0.5, 0.6) is 0 Å². The zero-order chi connectivity index (χ0) is 10.6. The normalized spacial score (nSPS) is 10.2. The Bertz CT molecular complexity index is 286. The lowest BCUT2D eigenvalue weighted by Gasteiger charge is -2.21. The molecule has 0 aliphatic heterocycles. The van der Waals surface area contributed by atoms with Gasteiger partial charge < -0.3 is 15.8 Å². The van der Waals surface area contributed by atoms with Crippen molar-refractivity contribution >= 4 is 27.3 Å². The summed E-state index contributed by atoms with van der Waals surface area (Å²) in [5, 5.41) is 10.2. The van der Waals surface area contributed by atoms with Gasteiger partial charge in [-0.05, 0) is 34.5 Å². The maximum atomic E-state index is 8.68. The summed E-state index contributed by atoms with van der Waals surface area (Å²) in [6.07, 6.45) is 0.622. The standard InChI is InChI=1S/C9H14BrN3O/c10-7-3-1-4-8(11)9(7)13(12)5-2-6-14/h1,3-4,14H,2,5-6,11-12H2. The lowest BCUT2D eigenvalue weighted by molar-refractivity contribution is 0.289. The third-order valence-electron chi connectivity index (χ3n) is 1.86. The molecule has 0 spiro atoms. The number of nitrogens with zero attached hydrogens (tertiary/aromatic N) is 1. The molecule has 0 atom stereocenters. The second kappa shape index (κ2) is 5.19.